The first kappa shape index (κ1) is 18.3. The predicted molar refractivity (Wildman–Crippen MR) is 101 cm³/mol. The number of amides is 1. The molecule has 0 saturated heterocycles. The highest BCUT2D eigenvalue weighted by molar-refractivity contribution is 5.90. The van der Waals surface area contributed by atoms with Gasteiger partial charge in [0.25, 0.3) is 5.91 Å². The van der Waals surface area contributed by atoms with Gasteiger partial charge in [-0.2, -0.15) is 0 Å². The Morgan fingerprint density at radius 1 is 1.23 bits per heavy atom. The Hall–Kier alpha value is -2.47. The third-order valence-electron chi connectivity index (χ3n) is 4.76. The summed E-state index contributed by atoms with van der Waals surface area (Å²) in [5.41, 5.74) is 6.22. The molecule has 0 saturated carbocycles. The second kappa shape index (κ2) is 8.76. The van der Waals surface area contributed by atoms with Gasteiger partial charge in [-0.3, -0.25) is 10.0 Å². The molecule has 2 aromatic rings. The van der Waals surface area contributed by atoms with E-state index >= 15 is 0 Å². The summed E-state index contributed by atoms with van der Waals surface area (Å²) in [7, 11) is 0. The number of aryl methyl sites for hydroxylation is 1. The number of hydrogen-bond acceptors (Lipinski definition) is 4. The van der Waals surface area contributed by atoms with Gasteiger partial charge in [0.2, 0.25) is 0 Å². The number of carbonyl (C=O) groups excluding carboxylic acids is 1. The van der Waals surface area contributed by atoms with Crippen molar-refractivity contribution in [3.05, 3.63) is 76.9 Å². The number of rotatable bonds is 7. The van der Waals surface area contributed by atoms with Crippen LogP contribution in [0.25, 0.3) is 6.08 Å². The van der Waals surface area contributed by atoms with E-state index in [4.69, 9.17) is 5.21 Å². The Bertz CT molecular complexity index is 774. The van der Waals surface area contributed by atoms with E-state index in [0.29, 0.717) is 0 Å². The lowest BCUT2D eigenvalue weighted by atomic mass is 10.0. The van der Waals surface area contributed by atoms with Crippen LogP contribution >= 0.6 is 0 Å². The molecule has 0 radical (unpaired) electrons. The van der Waals surface area contributed by atoms with Crippen molar-refractivity contribution >= 4 is 12.0 Å². The van der Waals surface area contributed by atoms with Gasteiger partial charge in [-0.15, -0.1) is 0 Å². The Kier molecular flexibility index (Phi) is 6.17. The monoisotopic (exact) mass is 352 g/mol. The average molecular weight is 352 g/mol. The fourth-order valence-electron chi connectivity index (χ4n) is 3.48. The summed E-state index contributed by atoms with van der Waals surface area (Å²) in [6.07, 6.45) is 5.72. The number of carbonyl (C=O) groups is 1. The zero-order valence-electron chi connectivity index (χ0n) is 14.6. The lowest BCUT2D eigenvalue weighted by Crippen LogP contribution is -2.36. The molecule has 0 spiro atoms. The minimum absolute atomic E-state index is 0.0150. The number of fused-ring (bicyclic) bond motifs is 1. The number of hydroxylamine groups is 1. The maximum absolute atomic E-state index is 11.1. The fraction of sp³-hybridized carbons (Fsp3) is 0.286. The molecule has 1 unspecified atom stereocenters. The predicted octanol–water partition coefficient (Wildman–Crippen LogP) is 2.39. The van der Waals surface area contributed by atoms with Crippen molar-refractivity contribution in [2.24, 2.45) is 0 Å². The van der Waals surface area contributed by atoms with E-state index < -0.39 is 5.91 Å². The van der Waals surface area contributed by atoms with Gasteiger partial charge in [-0.25, -0.2) is 5.48 Å². The molecular weight excluding hydrogens is 328 g/mol. The highest BCUT2D eigenvalue weighted by Gasteiger charge is 2.24. The molecule has 1 amide bonds. The van der Waals surface area contributed by atoms with Gasteiger partial charge in [0.1, 0.15) is 0 Å². The first-order valence-corrected chi connectivity index (χ1v) is 8.85. The molecule has 1 aliphatic rings. The molecule has 1 aliphatic carbocycles. The summed E-state index contributed by atoms with van der Waals surface area (Å²) in [4.78, 5) is 11.1. The van der Waals surface area contributed by atoms with Crippen molar-refractivity contribution in [1.29, 1.82) is 0 Å². The highest BCUT2D eigenvalue weighted by atomic mass is 16.5. The minimum Gasteiger partial charge on any atom is -0.395 e. The summed E-state index contributed by atoms with van der Waals surface area (Å²) in [5, 5.41) is 21.9. The van der Waals surface area contributed by atoms with Gasteiger partial charge in [0.05, 0.1) is 6.61 Å². The molecular formula is C21H24N2O3. The van der Waals surface area contributed by atoms with Crippen LogP contribution in [0.5, 0.6) is 0 Å². The van der Waals surface area contributed by atoms with Crippen LogP contribution in [0.1, 0.15) is 34.7 Å². The smallest absolute Gasteiger partial charge is 0.267 e. The molecule has 26 heavy (non-hydrogen) atoms. The molecule has 0 fully saturated rings. The summed E-state index contributed by atoms with van der Waals surface area (Å²) < 4.78 is 0. The van der Waals surface area contributed by atoms with Crippen molar-refractivity contribution in [3.8, 4) is 0 Å². The van der Waals surface area contributed by atoms with Gasteiger partial charge >= 0.3 is 0 Å². The van der Waals surface area contributed by atoms with Crippen LogP contribution in [0.3, 0.4) is 0 Å². The maximum Gasteiger partial charge on any atom is 0.267 e. The first-order chi connectivity index (χ1) is 12.7. The molecule has 136 valence electrons. The molecule has 2 atom stereocenters. The van der Waals surface area contributed by atoms with E-state index in [-0.39, 0.29) is 18.7 Å². The Morgan fingerprint density at radius 3 is 2.77 bits per heavy atom. The molecule has 5 heteroatoms. The highest BCUT2D eigenvalue weighted by Crippen LogP contribution is 2.32. The topological polar surface area (TPSA) is 81.6 Å². The quantitative estimate of drug-likeness (QED) is 0.350. The Balaban J connectivity index is 1.67. The van der Waals surface area contributed by atoms with E-state index in [9.17, 15) is 9.90 Å². The lowest BCUT2D eigenvalue weighted by molar-refractivity contribution is -0.124. The number of aliphatic hydroxyl groups excluding tert-OH is 1. The fourth-order valence-corrected chi connectivity index (χ4v) is 3.48. The van der Waals surface area contributed by atoms with Crippen molar-refractivity contribution in [3.63, 3.8) is 0 Å². The Labute approximate surface area is 153 Å². The molecule has 5 nitrogen and oxygen atoms in total. The lowest BCUT2D eigenvalue weighted by Gasteiger charge is -2.22. The van der Waals surface area contributed by atoms with E-state index in [1.54, 1.807) is 11.6 Å². The van der Waals surface area contributed by atoms with Crippen molar-refractivity contribution < 1.29 is 15.1 Å². The third-order valence-corrected chi connectivity index (χ3v) is 4.76. The van der Waals surface area contributed by atoms with Gasteiger partial charge < -0.3 is 10.4 Å². The van der Waals surface area contributed by atoms with Crippen LogP contribution in [0, 0.1) is 0 Å². The molecule has 4 N–H and O–H groups in total. The number of benzene rings is 2. The summed E-state index contributed by atoms with van der Waals surface area (Å²) in [6, 6.07) is 16.5. The maximum atomic E-state index is 11.1. The van der Waals surface area contributed by atoms with E-state index in [2.05, 4.69) is 29.6 Å². The van der Waals surface area contributed by atoms with Crippen molar-refractivity contribution in [2.75, 3.05) is 6.61 Å². The first-order valence-electron chi connectivity index (χ1n) is 8.85. The van der Waals surface area contributed by atoms with Crippen molar-refractivity contribution in [2.45, 2.75) is 31.3 Å². The second-order valence-electron chi connectivity index (χ2n) is 6.59. The van der Waals surface area contributed by atoms with Crippen LogP contribution in [-0.4, -0.2) is 28.9 Å². The van der Waals surface area contributed by atoms with Crippen LogP contribution in [0.4, 0.5) is 0 Å². The SMILES string of the molecule is O=C(/C=C/c1ccc2c(c1)CCC2N[C@@H](CO)Cc1ccccc1)NO. The van der Waals surface area contributed by atoms with E-state index in [1.165, 1.54) is 22.8 Å². The number of hydrogen-bond donors (Lipinski definition) is 4. The van der Waals surface area contributed by atoms with Crippen LogP contribution in [0.15, 0.2) is 54.6 Å². The molecule has 0 aromatic heterocycles. The normalized spacial score (nSPS) is 17.2. The van der Waals surface area contributed by atoms with Gasteiger partial charge in [-0.05, 0) is 47.6 Å². The molecule has 0 bridgehead atoms. The van der Waals surface area contributed by atoms with Crippen molar-refractivity contribution in [1.82, 2.24) is 10.8 Å². The molecule has 0 heterocycles. The third kappa shape index (κ3) is 4.58. The van der Waals surface area contributed by atoms with Gasteiger partial charge in [-0.1, -0.05) is 48.5 Å². The van der Waals surface area contributed by atoms with Crippen LogP contribution in [-0.2, 0) is 17.6 Å². The van der Waals surface area contributed by atoms with Gasteiger partial charge in [0, 0.05) is 18.2 Å². The summed E-state index contributed by atoms with van der Waals surface area (Å²) in [6.45, 7) is 0.0951. The largest absolute Gasteiger partial charge is 0.395 e. The standard InChI is InChI=1S/C21H24N2O3/c24-14-18(13-15-4-2-1-3-5-15)22-20-10-8-17-12-16(6-9-19(17)20)7-11-21(25)23-26/h1-7,9,11-12,18,20,22,24,26H,8,10,13-14H2,(H,23,25)/b11-7+/t18-,20?/m1/s1. The summed E-state index contributed by atoms with van der Waals surface area (Å²) >= 11 is 0. The van der Waals surface area contributed by atoms with Crippen LogP contribution < -0.4 is 10.8 Å². The minimum atomic E-state index is -0.545. The summed E-state index contributed by atoms with van der Waals surface area (Å²) in [5.74, 6) is -0.545. The average Bonchev–Trinajstić information content (AvgIpc) is 3.08. The zero-order valence-corrected chi connectivity index (χ0v) is 14.6. The van der Waals surface area contributed by atoms with E-state index in [1.807, 2.05) is 24.3 Å². The van der Waals surface area contributed by atoms with Crippen LogP contribution in [0.2, 0.25) is 0 Å². The second-order valence-corrected chi connectivity index (χ2v) is 6.59. The number of aliphatic hydroxyl groups is 1. The van der Waals surface area contributed by atoms with E-state index in [0.717, 1.165) is 24.8 Å². The Morgan fingerprint density at radius 2 is 2.04 bits per heavy atom. The molecule has 2 aromatic carbocycles. The molecule has 0 aliphatic heterocycles. The zero-order chi connectivity index (χ0) is 18.4. The number of nitrogens with one attached hydrogen (secondary N) is 2. The molecule has 3 rings (SSSR count). The van der Waals surface area contributed by atoms with Gasteiger partial charge in [0.15, 0.2) is 0 Å².